The average molecular weight is 325 g/mol. The first-order valence-corrected chi connectivity index (χ1v) is 9.17. The molecule has 0 atom stereocenters. The lowest BCUT2D eigenvalue weighted by atomic mass is 10.3. The molecule has 1 N–H and O–H groups in total. The molecule has 1 aliphatic rings. The molecule has 1 fully saturated rings. The topological polar surface area (TPSA) is 69.7 Å². The highest BCUT2D eigenvalue weighted by atomic mass is 32.2. The van der Waals surface area contributed by atoms with Gasteiger partial charge >= 0.3 is 0 Å². The number of anilines is 1. The molecule has 0 spiro atoms. The molecule has 0 unspecified atom stereocenters. The van der Waals surface area contributed by atoms with Crippen LogP contribution in [0.3, 0.4) is 0 Å². The largest absolute Gasteiger partial charge is 0.325 e. The molecule has 1 aromatic carbocycles. The fraction of sp³-hybridized carbons (Fsp3) is 0.533. The van der Waals surface area contributed by atoms with Crippen LogP contribution in [-0.2, 0) is 14.8 Å². The quantitative estimate of drug-likeness (QED) is 0.846. The molecule has 122 valence electrons. The first-order valence-electron chi connectivity index (χ1n) is 7.56. The molecule has 22 heavy (non-hydrogen) atoms. The normalized spacial score (nSPS) is 17.3. The summed E-state index contributed by atoms with van der Waals surface area (Å²) in [6.45, 7) is 4.25. The molecular weight excluding hydrogens is 302 g/mol. The van der Waals surface area contributed by atoms with Crippen LogP contribution in [0, 0.1) is 0 Å². The molecule has 0 bridgehead atoms. The highest BCUT2D eigenvalue weighted by Gasteiger charge is 2.26. The number of sulfonamides is 1. The molecule has 1 saturated heterocycles. The lowest BCUT2D eigenvalue weighted by Gasteiger charge is -2.33. The second kappa shape index (κ2) is 7.71. The predicted octanol–water partition coefficient (Wildman–Crippen LogP) is 0.982. The summed E-state index contributed by atoms with van der Waals surface area (Å²) in [5.41, 5.74) is 0.775. The maximum absolute atomic E-state index is 12.0. The maximum Gasteiger partial charge on any atom is 0.238 e. The van der Waals surface area contributed by atoms with Crippen LogP contribution in [0.1, 0.15) is 13.3 Å². The van der Waals surface area contributed by atoms with Gasteiger partial charge < -0.3 is 5.32 Å². The number of piperazine rings is 1. The number of amides is 1. The van der Waals surface area contributed by atoms with Crippen molar-refractivity contribution in [2.24, 2.45) is 0 Å². The molecule has 1 heterocycles. The number of carbonyl (C=O) groups is 1. The van der Waals surface area contributed by atoms with E-state index in [4.69, 9.17) is 0 Å². The van der Waals surface area contributed by atoms with Gasteiger partial charge in [0.15, 0.2) is 0 Å². The summed E-state index contributed by atoms with van der Waals surface area (Å²) in [5, 5.41) is 2.84. The number of benzene rings is 1. The lowest BCUT2D eigenvalue weighted by Crippen LogP contribution is -2.50. The van der Waals surface area contributed by atoms with Crippen molar-refractivity contribution < 1.29 is 13.2 Å². The molecule has 7 heteroatoms. The van der Waals surface area contributed by atoms with Crippen LogP contribution in [0.2, 0.25) is 0 Å². The predicted molar refractivity (Wildman–Crippen MR) is 87.2 cm³/mol. The van der Waals surface area contributed by atoms with E-state index in [1.807, 2.05) is 42.2 Å². The van der Waals surface area contributed by atoms with Crippen molar-refractivity contribution in [1.82, 2.24) is 9.21 Å². The Morgan fingerprint density at radius 2 is 1.77 bits per heavy atom. The van der Waals surface area contributed by atoms with Crippen LogP contribution < -0.4 is 5.32 Å². The molecule has 1 amide bonds. The Hall–Kier alpha value is -1.44. The minimum atomic E-state index is -3.13. The Bertz CT molecular complexity index is 581. The van der Waals surface area contributed by atoms with E-state index in [1.165, 1.54) is 4.31 Å². The highest BCUT2D eigenvalue weighted by Crippen LogP contribution is 2.10. The molecular formula is C15H23N3O3S. The van der Waals surface area contributed by atoms with E-state index in [1.54, 1.807) is 0 Å². The summed E-state index contributed by atoms with van der Waals surface area (Å²) in [7, 11) is -3.13. The molecule has 1 aromatic rings. The zero-order valence-electron chi connectivity index (χ0n) is 12.9. The summed E-state index contributed by atoms with van der Waals surface area (Å²) in [6, 6.07) is 9.31. The molecule has 0 aromatic heterocycles. The van der Waals surface area contributed by atoms with Crippen LogP contribution in [0.25, 0.3) is 0 Å². The zero-order valence-corrected chi connectivity index (χ0v) is 13.7. The van der Waals surface area contributed by atoms with E-state index in [2.05, 4.69) is 5.32 Å². The summed E-state index contributed by atoms with van der Waals surface area (Å²) in [4.78, 5) is 14.0. The SMILES string of the molecule is CCCS(=O)(=O)N1CCN(CC(=O)Nc2ccccc2)CC1. The van der Waals surface area contributed by atoms with Gasteiger partial charge in [0.05, 0.1) is 12.3 Å². The maximum atomic E-state index is 12.0. The van der Waals surface area contributed by atoms with Crippen LogP contribution in [0.5, 0.6) is 0 Å². The fourth-order valence-corrected chi connectivity index (χ4v) is 3.97. The third-order valence-electron chi connectivity index (χ3n) is 3.61. The van der Waals surface area contributed by atoms with Crippen molar-refractivity contribution in [3.05, 3.63) is 30.3 Å². The molecule has 0 radical (unpaired) electrons. The van der Waals surface area contributed by atoms with Gasteiger partial charge in [0.2, 0.25) is 15.9 Å². The van der Waals surface area contributed by atoms with Crippen LogP contribution in [0.4, 0.5) is 5.69 Å². The van der Waals surface area contributed by atoms with E-state index in [0.717, 1.165) is 5.69 Å². The Kier molecular flexibility index (Phi) is 5.93. The monoisotopic (exact) mass is 325 g/mol. The smallest absolute Gasteiger partial charge is 0.238 e. The first kappa shape index (κ1) is 16.9. The molecule has 0 aliphatic carbocycles. The van der Waals surface area contributed by atoms with E-state index in [-0.39, 0.29) is 18.2 Å². The number of nitrogens with one attached hydrogen (secondary N) is 1. The number of hydrogen-bond acceptors (Lipinski definition) is 4. The number of nitrogens with zero attached hydrogens (tertiary/aromatic N) is 2. The molecule has 0 saturated carbocycles. The van der Waals surface area contributed by atoms with Crippen LogP contribution >= 0.6 is 0 Å². The minimum absolute atomic E-state index is 0.0731. The van der Waals surface area contributed by atoms with Gasteiger partial charge in [0, 0.05) is 31.9 Å². The van der Waals surface area contributed by atoms with Gasteiger partial charge in [-0.1, -0.05) is 25.1 Å². The Labute approximate surface area is 132 Å². The van der Waals surface area contributed by atoms with E-state index in [9.17, 15) is 13.2 Å². The molecule has 1 aliphatic heterocycles. The van der Waals surface area contributed by atoms with Gasteiger partial charge in [-0.3, -0.25) is 9.69 Å². The van der Waals surface area contributed by atoms with Gasteiger partial charge in [0.25, 0.3) is 0 Å². The standard InChI is InChI=1S/C15H23N3O3S/c1-2-12-22(20,21)18-10-8-17(9-11-18)13-15(19)16-14-6-4-3-5-7-14/h3-7H,2,8-13H2,1H3,(H,16,19). The third kappa shape index (κ3) is 4.79. The second-order valence-corrected chi connectivity index (χ2v) is 7.49. The van der Waals surface area contributed by atoms with E-state index < -0.39 is 10.0 Å². The van der Waals surface area contributed by atoms with Crippen LogP contribution in [0.15, 0.2) is 30.3 Å². The summed E-state index contributed by atoms with van der Waals surface area (Å²) >= 11 is 0. The van der Waals surface area contributed by atoms with Crippen LogP contribution in [-0.4, -0.2) is 62.0 Å². The van der Waals surface area contributed by atoms with Crippen molar-refractivity contribution in [1.29, 1.82) is 0 Å². The number of rotatable bonds is 6. The Balaban J connectivity index is 1.79. The van der Waals surface area contributed by atoms with Gasteiger partial charge in [-0.2, -0.15) is 4.31 Å². The minimum Gasteiger partial charge on any atom is -0.325 e. The van der Waals surface area contributed by atoms with Crippen molar-refractivity contribution in [2.45, 2.75) is 13.3 Å². The first-order chi connectivity index (χ1) is 10.5. The lowest BCUT2D eigenvalue weighted by molar-refractivity contribution is -0.117. The molecule has 6 nitrogen and oxygen atoms in total. The van der Waals surface area contributed by atoms with Crippen molar-refractivity contribution >= 4 is 21.6 Å². The summed E-state index contributed by atoms with van der Waals surface area (Å²) in [6.07, 6.45) is 0.627. The Morgan fingerprint density at radius 1 is 1.14 bits per heavy atom. The Morgan fingerprint density at radius 3 is 2.36 bits per heavy atom. The zero-order chi connectivity index (χ0) is 16.0. The second-order valence-electron chi connectivity index (χ2n) is 5.41. The van der Waals surface area contributed by atoms with Crippen molar-refractivity contribution in [2.75, 3.05) is 43.8 Å². The highest BCUT2D eigenvalue weighted by molar-refractivity contribution is 7.89. The van der Waals surface area contributed by atoms with Gasteiger partial charge in [-0.05, 0) is 18.6 Å². The number of carbonyl (C=O) groups excluding carboxylic acids is 1. The van der Waals surface area contributed by atoms with Gasteiger partial charge in [0.1, 0.15) is 0 Å². The van der Waals surface area contributed by atoms with E-state index >= 15 is 0 Å². The van der Waals surface area contributed by atoms with Crippen molar-refractivity contribution in [3.63, 3.8) is 0 Å². The summed E-state index contributed by atoms with van der Waals surface area (Å²) < 4.78 is 25.5. The summed E-state index contributed by atoms with van der Waals surface area (Å²) in [5.74, 6) is 0.123. The van der Waals surface area contributed by atoms with E-state index in [0.29, 0.717) is 32.6 Å². The number of hydrogen-bond donors (Lipinski definition) is 1. The van der Waals surface area contributed by atoms with Gasteiger partial charge in [-0.25, -0.2) is 8.42 Å². The fourth-order valence-electron chi connectivity index (χ4n) is 2.48. The van der Waals surface area contributed by atoms with Crippen molar-refractivity contribution in [3.8, 4) is 0 Å². The third-order valence-corrected chi connectivity index (χ3v) is 5.69. The number of para-hydroxylation sites is 1. The molecule has 2 rings (SSSR count). The van der Waals surface area contributed by atoms with Gasteiger partial charge in [-0.15, -0.1) is 0 Å². The average Bonchev–Trinajstić information content (AvgIpc) is 2.48.